The van der Waals surface area contributed by atoms with Gasteiger partial charge in [-0.05, 0) is 47.9 Å². The number of rotatable bonds is 6. The molecule has 0 aliphatic heterocycles. The van der Waals surface area contributed by atoms with Crippen molar-refractivity contribution >= 4 is 28.4 Å². The van der Waals surface area contributed by atoms with E-state index in [1.165, 1.54) is 5.56 Å². The summed E-state index contributed by atoms with van der Waals surface area (Å²) in [4.78, 5) is 36.1. The Kier molecular flexibility index (Phi) is 6.73. The lowest BCUT2D eigenvalue weighted by atomic mass is 10.1. The van der Waals surface area contributed by atoms with Gasteiger partial charge in [0.25, 0.3) is 0 Å². The number of ether oxygens (including phenoxy) is 2. The molecule has 0 unspecified atom stereocenters. The van der Waals surface area contributed by atoms with E-state index in [0.29, 0.717) is 23.8 Å². The minimum Gasteiger partial charge on any atom is -0.489 e. The number of nitrogens with one attached hydrogen (secondary N) is 1. The van der Waals surface area contributed by atoms with Crippen LogP contribution in [0.2, 0.25) is 0 Å². The summed E-state index contributed by atoms with van der Waals surface area (Å²) in [7, 11) is 0. The van der Waals surface area contributed by atoms with E-state index < -0.39 is 5.97 Å². The number of carbonyl (C=O) groups is 3. The second kappa shape index (κ2) is 10.0. The average molecular weight is 457 g/mol. The lowest BCUT2D eigenvalue weighted by Gasteiger charge is -2.09. The number of aliphatic carboxylic acids is 1. The first-order chi connectivity index (χ1) is 16.4. The van der Waals surface area contributed by atoms with Crippen LogP contribution in [-0.2, 0) is 22.6 Å². The first-order valence-corrected chi connectivity index (χ1v) is 10.7. The molecular formula is C27H23NO6. The van der Waals surface area contributed by atoms with Crippen LogP contribution in [0.4, 0.5) is 0 Å². The molecule has 0 amide bonds. The van der Waals surface area contributed by atoms with Gasteiger partial charge in [-0.25, -0.2) is 4.79 Å². The summed E-state index contributed by atoms with van der Waals surface area (Å²) in [6.07, 6.45) is 0.190. The van der Waals surface area contributed by atoms with E-state index in [1.807, 2.05) is 55.5 Å². The van der Waals surface area contributed by atoms with Gasteiger partial charge in [-0.1, -0.05) is 42.5 Å². The van der Waals surface area contributed by atoms with E-state index in [4.69, 9.17) is 14.6 Å². The molecule has 0 spiro atoms. The lowest BCUT2D eigenvalue weighted by molar-refractivity contribution is -0.139. The van der Waals surface area contributed by atoms with E-state index in [9.17, 15) is 14.4 Å². The second-order valence-electron chi connectivity index (χ2n) is 7.87. The molecule has 1 aromatic heterocycles. The first kappa shape index (κ1) is 22.8. The summed E-state index contributed by atoms with van der Waals surface area (Å²) in [6, 6.07) is 22.7. The quantitative estimate of drug-likeness (QED) is 0.413. The van der Waals surface area contributed by atoms with Gasteiger partial charge in [0.2, 0.25) is 11.6 Å². The minimum absolute atomic E-state index is 0.190. The van der Waals surface area contributed by atoms with Gasteiger partial charge in [0.05, 0.1) is 0 Å². The van der Waals surface area contributed by atoms with Gasteiger partial charge in [-0.2, -0.15) is 0 Å². The van der Waals surface area contributed by atoms with Crippen molar-refractivity contribution in [1.29, 1.82) is 0 Å². The monoisotopic (exact) mass is 457 g/mol. The van der Waals surface area contributed by atoms with Gasteiger partial charge in [-0.15, -0.1) is 0 Å². The number of aryl methyl sites for hydroxylation is 1. The predicted octanol–water partition coefficient (Wildman–Crippen LogP) is 4.51. The van der Waals surface area contributed by atoms with Gasteiger partial charge >= 0.3 is 5.97 Å². The summed E-state index contributed by atoms with van der Waals surface area (Å²) in [6.45, 7) is 2.19. The Balaban J connectivity index is 0.000000172. The van der Waals surface area contributed by atoms with Gasteiger partial charge in [-0.3, -0.25) is 9.59 Å². The highest BCUT2D eigenvalue weighted by molar-refractivity contribution is 6.47. The molecule has 4 aromatic rings. The summed E-state index contributed by atoms with van der Waals surface area (Å²) >= 11 is 0. The number of para-hydroxylation sites is 1. The zero-order chi connectivity index (χ0) is 24.1. The highest BCUT2D eigenvalue weighted by atomic mass is 16.5. The molecule has 0 atom stereocenters. The molecular weight excluding hydrogens is 434 g/mol. The Bertz CT molecular complexity index is 1340. The van der Waals surface area contributed by atoms with Crippen molar-refractivity contribution in [3.63, 3.8) is 0 Å². The fourth-order valence-corrected chi connectivity index (χ4v) is 3.63. The molecule has 0 radical (unpaired) electrons. The van der Waals surface area contributed by atoms with Crippen molar-refractivity contribution < 1.29 is 29.0 Å². The molecule has 7 heteroatoms. The molecule has 0 fully saturated rings. The summed E-state index contributed by atoms with van der Waals surface area (Å²) in [5, 5.41) is 9.42. The van der Waals surface area contributed by atoms with Crippen molar-refractivity contribution in [2.45, 2.75) is 20.0 Å². The van der Waals surface area contributed by atoms with Crippen molar-refractivity contribution in [2.75, 3.05) is 6.61 Å². The molecule has 172 valence electrons. The number of carboxylic acid groups (broad SMARTS) is 1. The van der Waals surface area contributed by atoms with Crippen LogP contribution >= 0.6 is 0 Å². The number of carbonyl (C=O) groups excluding carboxylic acids is 2. The Morgan fingerprint density at radius 2 is 1.74 bits per heavy atom. The van der Waals surface area contributed by atoms with E-state index in [2.05, 4.69) is 4.98 Å². The fraction of sp³-hybridized carbons (Fsp3) is 0.148. The number of ketones is 2. The van der Waals surface area contributed by atoms with E-state index in [0.717, 1.165) is 22.0 Å². The normalized spacial score (nSPS) is 12.1. The molecule has 7 nitrogen and oxygen atoms in total. The van der Waals surface area contributed by atoms with E-state index in [-0.39, 0.29) is 24.6 Å². The van der Waals surface area contributed by atoms with E-state index in [1.54, 1.807) is 24.3 Å². The number of hydrogen-bond donors (Lipinski definition) is 2. The van der Waals surface area contributed by atoms with Crippen LogP contribution in [0.3, 0.4) is 0 Å². The molecule has 1 heterocycles. The number of hydrogen-bond acceptors (Lipinski definition) is 5. The fourth-order valence-electron chi connectivity index (χ4n) is 3.63. The summed E-state index contributed by atoms with van der Waals surface area (Å²) in [5.74, 6) is -0.534. The first-order valence-electron chi connectivity index (χ1n) is 10.7. The van der Waals surface area contributed by atoms with Crippen LogP contribution in [0.5, 0.6) is 11.6 Å². The third kappa shape index (κ3) is 5.32. The molecule has 0 saturated heterocycles. The number of fused-ring (bicyclic) bond motifs is 2. The van der Waals surface area contributed by atoms with Crippen molar-refractivity contribution in [2.24, 2.45) is 0 Å². The standard InChI is InChI=1S/C17H14O3.C10H9NO3/c1-11-4-2-3-5-12(11)10-20-14-6-7-15-13(8-14)9-16(18)17(15)19;12-10(13)6-14-9-5-7-3-1-2-4-8(7)11-9/h2-8H,9-10H2,1H3;1-5,11H,6H2,(H,12,13). The van der Waals surface area contributed by atoms with Gasteiger partial charge in [0.15, 0.2) is 12.5 Å². The van der Waals surface area contributed by atoms with Crippen LogP contribution in [0.25, 0.3) is 10.9 Å². The summed E-state index contributed by atoms with van der Waals surface area (Å²) < 4.78 is 10.7. The number of Topliss-reactive ketones (excluding diaryl/α,β-unsaturated/α-hetero) is 2. The number of benzene rings is 3. The number of aromatic amines is 1. The van der Waals surface area contributed by atoms with Crippen LogP contribution in [0.1, 0.15) is 27.0 Å². The maximum absolute atomic E-state index is 11.5. The third-order valence-electron chi connectivity index (χ3n) is 5.44. The van der Waals surface area contributed by atoms with Gasteiger partial charge < -0.3 is 19.6 Å². The Morgan fingerprint density at radius 1 is 0.971 bits per heavy atom. The lowest BCUT2D eigenvalue weighted by Crippen LogP contribution is -2.09. The SMILES string of the molecule is Cc1ccccc1COc1ccc2c(c1)CC(=O)C2=O.O=C(O)COc1cc2ccccc2[nH]1. The molecule has 1 aliphatic rings. The maximum atomic E-state index is 11.5. The van der Waals surface area contributed by atoms with Crippen molar-refractivity contribution in [1.82, 2.24) is 4.98 Å². The van der Waals surface area contributed by atoms with Crippen LogP contribution < -0.4 is 9.47 Å². The van der Waals surface area contributed by atoms with Crippen molar-refractivity contribution in [3.8, 4) is 11.6 Å². The van der Waals surface area contributed by atoms with E-state index >= 15 is 0 Å². The van der Waals surface area contributed by atoms with Gasteiger partial charge in [0, 0.05) is 29.0 Å². The molecule has 3 aromatic carbocycles. The third-order valence-corrected chi connectivity index (χ3v) is 5.44. The zero-order valence-corrected chi connectivity index (χ0v) is 18.5. The van der Waals surface area contributed by atoms with Crippen molar-refractivity contribution in [3.05, 3.63) is 95.1 Å². The molecule has 2 N–H and O–H groups in total. The summed E-state index contributed by atoms with van der Waals surface area (Å²) in [5.41, 5.74) is 4.52. The Hall–Kier alpha value is -4.39. The maximum Gasteiger partial charge on any atom is 0.341 e. The van der Waals surface area contributed by atoms with Crippen LogP contribution in [0.15, 0.2) is 72.8 Å². The van der Waals surface area contributed by atoms with Gasteiger partial charge in [0.1, 0.15) is 12.4 Å². The van der Waals surface area contributed by atoms with Crippen LogP contribution in [-0.4, -0.2) is 34.2 Å². The smallest absolute Gasteiger partial charge is 0.341 e. The number of carboxylic acids is 1. The highest BCUT2D eigenvalue weighted by Gasteiger charge is 2.28. The van der Waals surface area contributed by atoms with Crippen LogP contribution in [0, 0.1) is 6.92 Å². The molecule has 0 bridgehead atoms. The Morgan fingerprint density at radius 3 is 2.50 bits per heavy atom. The average Bonchev–Trinajstić information content (AvgIpc) is 3.37. The number of H-pyrrole nitrogens is 1. The Labute approximate surface area is 195 Å². The molecule has 5 rings (SSSR count). The minimum atomic E-state index is -0.983. The topological polar surface area (TPSA) is 106 Å². The highest BCUT2D eigenvalue weighted by Crippen LogP contribution is 2.25. The predicted molar refractivity (Wildman–Crippen MR) is 126 cm³/mol. The number of aromatic nitrogens is 1. The molecule has 34 heavy (non-hydrogen) atoms. The molecule has 1 aliphatic carbocycles. The zero-order valence-electron chi connectivity index (χ0n) is 18.5. The second-order valence-corrected chi connectivity index (χ2v) is 7.87. The molecule has 0 saturated carbocycles. The largest absolute Gasteiger partial charge is 0.489 e.